The van der Waals surface area contributed by atoms with Crippen molar-refractivity contribution in [1.82, 2.24) is 14.7 Å². The molecule has 0 aromatic rings. The highest BCUT2D eigenvalue weighted by molar-refractivity contribution is 5.75. The molecule has 0 spiro atoms. The summed E-state index contributed by atoms with van der Waals surface area (Å²) in [7, 11) is 0. The number of nitrogens with zero attached hydrogens (tertiary/aromatic N) is 3. The fraction of sp³-hybridized carbons (Fsp3) is 0.938. The monoisotopic (exact) mass is 279 g/mol. The largest absolute Gasteiger partial charge is 0.343 e. The number of hydrogen-bond donors (Lipinski definition) is 0. The van der Waals surface area contributed by atoms with Crippen LogP contribution in [0.2, 0.25) is 0 Å². The van der Waals surface area contributed by atoms with E-state index in [1.54, 1.807) is 0 Å². The first-order valence-electron chi connectivity index (χ1n) is 8.47. The van der Waals surface area contributed by atoms with Gasteiger partial charge in [-0.2, -0.15) is 0 Å². The molecule has 0 radical (unpaired) electrons. The first-order chi connectivity index (χ1) is 9.71. The van der Waals surface area contributed by atoms with Crippen molar-refractivity contribution in [3.63, 3.8) is 0 Å². The lowest BCUT2D eigenvalue weighted by atomic mass is 9.86. The van der Waals surface area contributed by atoms with Gasteiger partial charge in [0.25, 0.3) is 0 Å². The Labute approximate surface area is 123 Å². The summed E-state index contributed by atoms with van der Waals surface area (Å²) in [6, 6.07) is 1.67. The fourth-order valence-corrected chi connectivity index (χ4v) is 4.39. The molecule has 4 nitrogen and oxygen atoms in total. The second-order valence-electron chi connectivity index (χ2n) is 6.77. The van der Waals surface area contributed by atoms with Crippen LogP contribution in [0.15, 0.2) is 0 Å². The zero-order chi connectivity index (χ0) is 14.1. The van der Waals surface area contributed by atoms with Crippen molar-refractivity contribution in [2.24, 2.45) is 5.92 Å². The van der Waals surface area contributed by atoms with E-state index in [4.69, 9.17) is 0 Å². The molecule has 2 unspecified atom stereocenters. The third-order valence-corrected chi connectivity index (χ3v) is 5.57. The summed E-state index contributed by atoms with van der Waals surface area (Å²) in [4.78, 5) is 19.1. The third kappa shape index (κ3) is 2.73. The minimum absolute atomic E-state index is 0.334. The zero-order valence-electron chi connectivity index (χ0n) is 13.1. The van der Waals surface area contributed by atoms with Crippen LogP contribution in [-0.4, -0.2) is 72.0 Å². The van der Waals surface area contributed by atoms with Crippen molar-refractivity contribution in [1.29, 1.82) is 0 Å². The van der Waals surface area contributed by atoms with E-state index in [9.17, 15) is 4.79 Å². The standard InChI is InChI=1S/C16H29N3O/c1-3-16(20)18-7-5-13(6-8-18)10-17-11-14-9-15(12-17)19(14)4-2/h13-15H,3-12H2,1-2H3. The molecule has 114 valence electrons. The van der Waals surface area contributed by atoms with Crippen LogP contribution < -0.4 is 0 Å². The van der Waals surface area contributed by atoms with Gasteiger partial charge >= 0.3 is 0 Å². The van der Waals surface area contributed by atoms with E-state index < -0.39 is 0 Å². The molecule has 20 heavy (non-hydrogen) atoms. The quantitative estimate of drug-likeness (QED) is 0.778. The molecule has 4 aliphatic rings. The van der Waals surface area contributed by atoms with Gasteiger partial charge in [-0.25, -0.2) is 0 Å². The normalized spacial score (nSPS) is 32.2. The van der Waals surface area contributed by atoms with Crippen molar-refractivity contribution in [3.8, 4) is 0 Å². The van der Waals surface area contributed by atoms with E-state index in [2.05, 4.69) is 21.6 Å². The molecule has 4 heterocycles. The van der Waals surface area contributed by atoms with Crippen molar-refractivity contribution in [2.75, 3.05) is 39.3 Å². The molecule has 2 atom stereocenters. The SMILES string of the molecule is CCC(=O)N1CCC(CN2CC3CC(C2)N3CC)CC1. The number of piperazine rings is 1. The van der Waals surface area contributed by atoms with Crippen molar-refractivity contribution in [3.05, 3.63) is 0 Å². The number of likely N-dealkylation sites (tertiary alicyclic amines) is 1. The number of rotatable bonds is 4. The maximum Gasteiger partial charge on any atom is 0.222 e. The lowest BCUT2D eigenvalue weighted by molar-refractivity contribution is -0.132. The zero-order valence-corrected chi connectivity index (χ0v) is 13.1. The van der Waals surface area contributed by atoms with Gasteiger partial charge in [-0.3, -0.25) is 14.6 Å². The molecule has 4 fully saturated rings. The number of carbonyl (C=O) groups is 1. The van der Waals surface area contributed by atoms with Gasteiger partial charge in [0.05, 0.1) is 0 Å². The van der Waals surface area contributed by atoms with Crippen molar-refractivity contribution >= 4 is 5.91 Å². The second-order valence-corrected chi connectivity index (χ2v) is 6.77. The Kier molecular flexibility index (Phi) is 4.32. The maximum atomic E-state index is 11.7. The molecule has 4 rings (SSSR count). The third-order valence-electron chi connectivity index (χ3n) is 5.57. The molecule has 4 heteroatoms. The fourth-order valence-electron chi connectivity index (χ4n) is 4.39. The summed E-state index contributed by atoms with van der Waals surface area (Å²) in [5.74, 6) is 1.14. The van der Waals surface area contributed by atoms with Crippen LogP contribution in [0, 0.1) is 5.92 Å². The van der Waals surface area contributed by atoms with Gasteiger partial charge in [-0.05, 0) is 31.7 Å². The Hall–Kier alpha value is -0.610. The number of hydrogen-bond acceptors (Lipinski definition) is 3. The van der Waals surface area contributed by atoms with Crippen LogP contribution in [0.25, 0.3) is 0 Å². The van der Waals surface area contributed by atoms with E-state index in [0.29, 0.717) is 12.3 Å². The summed E-state index contributed by atoms with van der Waals surface area (Å²) >= 11 is 0. The average molecular weight is 279 g/mol. The number of amides is 1. The predicted molar refractivity (Wildman–Crippen MR) is 80.6 cm³/mol. The first kappa shape index (κ1) is 14.3. The van der Waals surface area contributed by atoms with Gasteiger partial charge in [0.2, 0.25) is 5.91 Å². The smallest absolute Gasteiger partial charge is 0.222 e. The first-order valence-corrected chi connectivity index (χ1v) is 8.47. The highest BCUT2D eigenvalue weighted by Crippen LogP contribution is 2.32. The van der Waals surface area contributed by atoms with Crippen LogP contribution in [0.4, 0.5) is 0 Å². The Morgan fingerprint density at radius 2 is 1.75 bits per heavy atom. The van der Waals surface area contributed by atoms with Gasteiger partial charge in [-0.1, -0.05) is 13.8 Å². The molecule has 0 aromatic heterocycles. The van der Waals surface area contributed by atoms with Gasteiger partial charge in [0, 0.05) is 51.2 Å². The number of likely N-dealkylation sites (N-methyl/N-ethyl adjacent to an activating group) is 1. The molecule has 0 saturated carbocycles. The van der Waals surface area contributed by atoms with Crippen molar-refractivity contribution < 1.29 is 4.79 Å². The molecule has 4 saturated heterocycles. The minimum Gasteiger partial charge on any atom is -0.343 e. The van der Waals surface area contributed by atoms with Gasteiger partial charge in [0.15, 0.2) is 0 Å². The highest BCUT2D eigenvalue weighted by atomic mass is 16.2. The Balaban J connectivity index is 1.41. The van der Waals surface area contributed by atoms with E-state index in [-0.39, 0.29) is 0 Å². The van der Waals surface area contributed by atoms with Crippen LogP contribution in [0.1, 0.15) is 39.5 Å². The summed E-state index contributed by atoms with van der Waals surface area (Å²) in [6.07, 6.45) is 4.49. The van der Waals surface area contributed by atoms with Crippen molar-refractivity contribution in [2.45, 2.75) is 51.6 Å². The molecule has 2 bridgehead atoms. The van der Waals surface area contributed by atoms with Crippen LogP contribution in [0.5, 0.6) is 0 Å². The highest BCUT2D eigenvalue weighted by Gasteiger charge is 2.43. The van der Waals surface area contributed by atoms with Gasteiger partial charge in [-0.15, -0.1) is 0 Å². The summed E-state index contributed by atoms with van der Waals surface area (Å²) in [6.45, 7) is 11.3. The Morgan fingerprint density at radius 1 is 1.10 bits per heavy atom. The minimum atomic E-state index is 0.334. The summed E-state index contributed by atoms with van der Waals surface area (Å²) in [5, 5.41) is 0. The second kappa shape index (κ2) is 6.02. The van der Waals surface area contributed by atoms with Gasteiger partial charge < -0.3 is 4.90 Å². The lowest BCUT2D eigenvalue weighted by Gasteiger charge is -2.57. The average Bonchev–Trinajstić information content (AvgIpc) is 2.47. The maximum absolute atomic E-state index is 11.7. The molecule has 0 aromatic carbocycles. The Morgan fingerprint density at radius 3 is 2.30 bits per heavy atom. The number of piperidine rings is 2. The van der Waals surface area contributed by atoms with E-state index in [1.807, 2.05) is 6.92 Å². The molecular formula is C16H29N3O. The summed E-state index contributed by atoms with van der Waals surface area (Å²) < 4.78 is 0. The van der Waals surface area contributed by atoms with Gasteiger partial charge in [0.1, 0.15) is 0 Å². The molecule has 1 amide bonds. The number of fused-ring (bicyclic) bond motifs is 2. The molecule has 4 aliphatic heterocycles. The lowest BCUT2D eigenvalue weighted by Crippen LogP contribution is -2.68. The van der Waals surface area contributed by atoms with Crippen LogP contribution >= 0.6 is 0 Å². The van der Waals surface area contributed by atoms with Crippen LogP contribution in [0.3, 0.4) is 0 Å². The van der Waals surface area contributed by atoms with E-state index >= 15 is 0 Å². The number of carbonyl (C=O) groups excluding carboxylic acids is 1. The van der Waals surface area contributed by atoms with E-state index in [1.165, 1.54) is 45.4 Å². The molecule has 0 aliphatic carbocycles. The summed E-state index contributed by atoms with van der Waals surface area (Å²) in [5.41, 5.74) is 0. The topological polar surface area (TPSA) is 26.8 Å². The van der Waals surface area contributed by atoms with E-state index in [0.717, 1.165) is 31.1 Å². The molecule has 0 N–H and O–H groups in total. The van der Waals surface area contributed by atoms with Crippen LogP contribution in [-0.2, 0) is 4.79 Å². The predicted octanol–water partition coefficient (Wildman–Crippen LogP) is 1.41. The Bertz CT molecular complexity index is 340. The molecular weight excluding hydrogens is 250 g/mol.